The molecular formula is C23H22N8O3. The fraction of sp³-hybridized carbons (Fsp3) is 0.130. The van der Waals surface area contributed by atoms with E-state index < -0.39 is 5.91 Å². The van der Waals surface area contributed by atoms with Gasteiger partial charge in [0.2, 0.25) is 11.6 Å². The van der Waals surface area contributed by atoms with Crippen molar-refractivity contribution >= 4 is 24.0 Å². The molecule has 0 saturated carbocycles. The highest BCUT2D eigenvalue weighted by Gasteiger charge is 2.25. The average Bonchev–Trinajstić information content (AvgIpc) is 3.49. The summed E-state index contributed by atoms with van der Waals surface area (Å²) >= 11 is 0. The van der Waals surface area contributed by atoms with Gasteiger partial charge in [-0.1, -0.05) is 48.5 Å². The number of hydrogen-bond acceptors (Lipinski definition) is 9. The maximum atomic E-state index is 12.9. The number of carbonyl (C=O) groups excluding carboxylic acids is 1. The van der Waals surface area contributed by atoms with Gasteiger partial charge in [-0.2, -0.15) is 9.78 Å². The molecule has 172 valence electrons. The van der Waals surface area contributed by atoms with Crippen LogP contribution in [0.2, 0.25) is 0 Å². The van der Waals surface area contributed by atoms with Gasteiger partial charge in [0.15, 0.2) is 5.69 Å². The summed E-state index contributed by atoms with van der Waals surface area (Å²) < 4.78 is 11.6. The van der Waals surface area contributed by atoms with Crippen LogP contribution in [0.4, 0.5) is 5.82 Å². The minimum absolute atomic E-state index is 0.00470. The minimum Gasteiger partial charge on any atom is -0.494 e. The monoisotopic (exact) mass is 458 g/mol. The molecule has 0 spiro atoms. The van der Waals surface area contributed by atoms with Crippen LogP contribution < -0.4 is 15.9 Å². The maximum Gasteiger partial charge on any atom is 0.294 e. The summed E-state index contributed by atoms with van der Waals surface area (Å²) in [6.07, 6.45) is 5.93. The molecule has 0 unspecified atom stereocenters. The molecule has 11 heteroatoms. The first-order valence-electron chi connectivity index (χ1n) is 10.5. The molecule has 0 saturated heterocycles. The van der Waals surface area contributed by atoms with Crippen LogP contribution in [0.3, 0.4) is 0 Å². The summed E-state index contributed by atoms with van der Waals surface area (Å²) in [6, 6.07) is 16.9. The van der Waals surface area contributed by atoms with Gasteiger partial charge in [-0.15, -0.1) is 5.10 Å². The van der Waals surface area contributed by atoms with Crippen LogP contribution in [0, 0.1) is 0 Å². The lowest BCUT2D eigenvalue weighted by Crippen LogP contribution is -2.19. The summed E-state index contributed by atoms with van der Waals surface area (Å²) in [4.78, 5) is 12.9. The molecule has 11 nitrogen and oxygen atoms in total. The van der Waals surface area contributed by atoms with Crippen LogP contribution in [-0.4, -0.2) is 44.0 Å². The number of nitrogens with one attached hydrogen (secondary N) is 1. The van der Waals surface area contributed by atoms with Gasteiger partial charge in [0.25, 0.3) is 5.91 Å². The van der Waals surface area contributed by atoms with Crippen LogP contribution in [0.15, 0.2) is 70.4 Å². The highest BCUT2D eigenvalue weighted by molar-refractivity contribution is 5.98. The van der Waals surface area contributed by atoms with Gasteiger partial charge >= 0.3 is 0 Å². The van der Waals surface area contributed by atoms with Gasteiger partial charge in [0, 0.05) is 11.8 Å². The third-order valence-corrected chi connectivity index (χ3v) is 4.60. The third-order valence-electron chi connectivity index (χ3n) is 4.60. The molecule has 2 aromatic carbocycles. The molecule has 0 fully saturated rings. The van der Waals surface area contributed by atoms with Crippen molar-refractivity contribution in [1.82, 2.24) is 30.7 Å². The third kappa shape index (κ3) is 5.15. The molecule has 0 aliphatic carbocycles. The van der Waals surface area contributed by atoms with Gasteiger partial charge in [0.1, 0.15) is 11.4 Å². The Labute approximate surface area is 194 Å². The fourth-order valence-corrected chi connectivity index (χ4v) is 3.02. The van der Waals surface area contributed by atoms with Gasteiger partial charge in [0.05, 0.1) is 6.61 Å². The van der Waals surface area contributed by atoms with E-state index in [2.05, 4.69) is 35.8 Å². The first-order chi connectivity index (χ1) is 16.7. The van der Waals surface area contributed by atoms with Crippen molar-refractivity contribution < 1.29 is 14.2 Å². The van der Waals surface area contributed by atoms with Gasteiger partial charge in [-0.25, -0.2) is 10.1 Å². The van der Waals surface area contributed by atoms with E-state index in [-0.39, 0.29) is 17.3 Å². The number of amides is 1. The summed E-state index contributed by atoms with van der Waals surface area (Å²) in [5.41, 5.74) is 10.3. The van der Waals surface area contributed by atoms with E-state index in [4.69, 9.17) is 10.5 Å². The number of nitrogens with two attached hydrogens (primary N) is 1. The molecule has 0 aliphatic heterocycles. The quantitative estimate of drug-likeness (QED) is 0.287. The number of hydrazone groups is 1. The number of nitrogen functional groups attached to an aromatic ring is 1. The summed E-state index contributed by atoms with van der Waals surface area (Å²) in [5.74, 6) is 0.257. The van der Waals surface area contributed by atoms with Crippen molar-refractivity contribution in [3.63, 3.8) is 0 Å². The van der Waals surface area contributed by atoms with Gasteiger partial charge in [-0.05, 0) is 52.6 Å². The molecule has 0 atom stereocenters. The second-order valence-corrected chi connectivity index (χ2v) is 7.03. The molecule has 0 bridgehead atoms. The number of benzene rings is 2. The Bertz CT molecular complexity index is 1290. The zero-order valence-electron chi connectivity index (χ0n) is 18.3. The molecule has 0 radical (unpaired) electrons. The van der Waals surface area contributed by atoms with Crippen LogP contribution in [-0.2, 0) is 0 Å². The van der Waals surface area contributed by atoms with Gasteiger partial charge < -0.3 is 10.5 Å². The van der Waals surface area contributed by atoms with E-state index in [9.17, 15) is 4.79 Å². The number of carbonyl (C=O) groups is 1. The predicted octanol–water partition coefficient (Wildman–Crippen LogP) is 3.12. The number of anilines is 1. The molecule has 2 aromatic heterocycles. The molecular weight excluding hydrogens is 436 g/mol. The fourth-order valence-electron chi connectivity index (χ4n) is 3.02. The maximum absolute atomic E-state index is 12.9. The SMILES string of the molecule is CCCOc1ccc(-c2c(C(=O)N/N=C\C=C\c3ccccc3)nnn2-c2nonc2N)cc1. The number of nitrogens with zero attached hydrogens (tertiary/aromatic N) is 6. The lowest BCUT2D eigenvalue weighted by molar-refractivity contribution is 0.0950. The topological polar surface area (TPSA) is 146 Å². The Kier molecular flexibility index (Phi) is 7.03. The van der Waals surface area contributed by atoms with Crippen molar-refractivity contribution in [3.8, 4) is 22.8 Å². The highest BCUT2D eigenvalue weighted by atomic mass is 16.6. The first kappa shape index (κ1) is 22.4. The summed E-state index contributed by atoms with van der Waals surface area (Å²) in [7, 11) is 0. The van der Waals surface area contributed by atoms with Crippen LogP contribution >= 0.6 is 0 Å². The van der Waals surface area contributed by atoms with E-state index in [1.54, 1.807) is 30.3 Å². The smallest absolute Gasteiger partial charge is 0.294 e. The Morgan fingerprint density at radius 1 is 1.18 bits per heavy atom. The highest BCUT2D eigenvalue weighted by Crippen LogP contribution is 2.28. The number of rotatable bonds is 9. The lowest BCUT2D eigenvalue weighted by atomic mass is 10.1. The Morgan fingerprint density at radius 3 is 2.68 bits per heavy atom. The molecule has 1 amide bonds. The van der Waals surface area contributed by atoms with Crippen molar-refractivity contribution in [2.45, 2.75) is 13.3 Å². The van der Waals surface area contributed by atoms with Crippen molar-refractivity contribution in [1.29, 1.82) is 0 Å². The van der Waals surface area contributed by atoms with E-state index in [1.807, 2.05) is 43.3 Å². The molecule has 3 N–H and O–H groups in total. The van der Waals surface area contributed by atoms with E-state index in [1.165, 1.54) is 10.9 Å². The van der Waals surface area contributed by atoms with E-state index in [0.29, 0.717) is 23.6 Å². The second-order valence-electron chi connectivity index (χ2n) is 7.03. The predicted molar refractivity (Wildman–Crippen MR) is 126 cm³/mol. The molecule has 2 heterocycles. The lowest BCUT2D eigenvalue weighted by Gasteiger charge is -2.08. The number of ether oxygens (including phenoxy) is 1. The number of aromatic nitrogens is 5. The normalized spacial score (nSPS) is 11.3. The first-order valence-corrected chi connectivity index (χ1v) is 10.5. The average molecular weight is 458 g/mol. The van der Waals surface area contributed by atoms with Crippen molar-refractivity contribution in [3.05, 3.63) is 71.9 Å². The minimum atomic E-state index is -0.563. The van der Waals surface area contributed by atoms with Crippen LogP contribution in [0.1, 0.15) is 29.4 Å². The van der Waals surface area contributed by atoms with E-state index >= 15 is 0 Å². The molecule has 0 aliphatic rings. The number of allylic oxidation sites excluding steroid dienone is 1. The van der Waals surface area contributed by atoms with Gasteiger partial charge in [-0.3, -0.25) is 4.79 Å². The zero-order valence-corrected chi connectivity index (χ0v) is 18.3. The molecule has 4 rings (SSSR count). The molecule has 34 heavy (non-hydrogen) atoms. The summed E-state index contributed by atoms with van der Waals surface area (Å²) in [5, 5.41) is 19.4. The Balaban J connectivity index is 1.59. The largest absolute Gasteiger partial charge is 0.494 e. The number of hydrogen-bond donors (Lipinski definition) is 2. The van der Waals surface area contributed by atoms with Crippen molar-refractivity contribution in [2.24, 2.45) is 5.10 Å². The standard InChI is InChI=1S/C23H22N8O3/c1-2-15-33-18-12-10-17(11-13-18)20-19(26-30-31(20)22-21(24)28-34-29-22)23(32)27-25-14-6-9-16-7-4-3-5-8-16/h3-14H,2,15H2,1H3,(H2,24,28)(H,27,32)/b9-6+,25-14-. The molecule has 4 aromatic rings. The Morgan fingerprint density at radius 2 is 1.97 bits per heavy atom. The van der Waals surface area contributed by atoms with Crippen LogP contribution in [0.5, 0.6) is 5.75 Å². The summed E-state index contributed by atoms with van der Waals surface area (Å²) in [6.45, 7) is 2.63. The Hall–Kier alpha value is -4.80. The van der Waals surface area contributed by atoms with Crippen LogP contribution in [0.25, 0.3) is 23.2 Å². The second kappa shape index (κ2) is 10.7. The zero-order chi connectivity index (χ0) is 23.8. The van der Waals surface area contributed by atoms with Crippen molar-refractivity contribution in [2.75, 3.05) is 12.3 Å². The van der Waals surface area contributed by atoms with E-state index in [0.717, 1.165) is 12.0 Å².